The van der Waals surface area contributed by atoms with Gasteiger partial charge in [0, 0.05) is 12.0 Å². The molecule has 0 aliphatic heterocycles. The van der Waals surface area contributed by atoms with Gasteiger partial charge in [0.15, 0.2) is 0 Å². The van der Waals surface area contributed by atoms with Gasteiger partial charge >= 0.3 is 0 Å². The normalized spacial score (nSPS) is 16.4. The van der Waals surface area contributed by atoms with E-state index in [4.69, 9.17) is 5.73 Å². The highest BCUT2D eigenvalue weighted by Crippen LogP contribution is 2.31. The Morgan fingerprint density at radius 1 is 0.893 bits per heavy atom. The molecule has 3 N–H and O–H groups in total. The van der Waals surface area contributed by atoms with E-state index in [1.807, 2.05) is 69.3 Å². The third kappa shape index (κ3) is 5.69. The highest BCUT2D eigenvalue weighted by Gasteiger charge is 2.34. The van der Waals surface area contributed by atoms with Gasteiger partial charge < -0.3 is 11.1 Å². The summed E-state index contributed by atoms with van der Waals surface area (Å²) < 4.78 is 0. The Bertz CT molecular complexity index is 761. The number of hydrogen-bond acceptors (Lipinski definition) is 2. The zero-order valence-electron chi connectivity index (χ0n) is 17.3. The summed E-state index contributed by atoms with van der Waals surface area (Å²) in [6.07, 6.45) is 0.663. The molecule has 0 radical (unpaired) electrons. The summed E-state index contributed by atoms with van der Waals surface area (Å²) in [6, 6.07) is 19.7. The number of benzene rings is 2. The van der Waals surface area contributed by atoms with Crippen LogP contribution in [-0.2, 0) is 16.0 Å². The first-order valence-electron chi connectivity index (χ1n) is 9.99. The van der Waals surface area contributed by atoms with Gasteiger partial charge in [0.05, 0.1) is 5.92 Å². The molecule has 0 aliphatic carbocycles. The highest BCUT2D eigenvalue weighted by atomic mass is 16.2. The van der Waals surface area contributed by atoms with E-state index in [0.29, 0.717) is 6.42 Å². The number of amides is 2. The maximum atomic E-state index is 12.7. The molecule has 28 heavy (non-hydrogen) atoms. The molecule has 2 aromatic carbocycles. The molecule has 0 saturated heterocycles. The fourth-order valence-corrected chi connectivity index (χ4v) is 3.85. The second kappa shape index (κ2) is 10.1. The van der Waals surface area contributed by atoms with Crippen molar-refractivity contribution in [3.63, 3.8) is 0 Å². The molecular formula is C24H32N2O2. The molecule has 0 fully saturated rings. The largest absolute Gasteiger partial charge is 0.369 e. The van der Waals surface area contributed by atoms with E-state index >= 15 is 0 Å². The SMILES string of the molecule is CC(Cc1ccccc1)C(=O)NC(C)C(C(N)=O)C(C)C(C)c1ccccc1. The average Bonchev–Trinajstić information content (AvgIpc) is 2.68. The summed E-state index contributed by atoms with van der Waals surface area (Å²) in [5.41, 5.74) is 8.02. The first-order chi connectivity index (χ1) is 13.3. The van der Waals surface area contributed by atoms with Crippen LogP contribution in [0.4, 0.5) is 0 Å². The summed E-state index contributed by atoms with van der Waals surface area (Å²) in [4.78, 5) is 24.9. The van der Waals surface area contributed by atoms with Crippen molar-refractivity contribution in [2.45, 2.75) is 46.1 Å². The molecule has 2 amide bonds. The Morgan fingerprint density at radius 2 is 1.43 bits per heavy atom. The van der Waals surface area contributed by atoms with E-state index in [2.05, 4.69) is 24.4 Å². The molecule has 0 aliphatic rings. The molecule has 2 rings (SSSR count). The quantitative estimate of drug-likeness (QED) is 0.692. The van der Waals surface area contributed by atoms with Crippen molar-refractivity contribution < 1.29 is 9.59 Å². The molecule has 150 valence electrons. The number of primary amides is 1. The van der Waals surface area contributed by atoms with Crippen molar-refractivity contribution in [1.29, 1.82) is 0 Å². The lowest BCUT2D eigenvalue weighted by Gasteiger charge is -2.32. The number of nitrogens with one attached hydrogen (secondary N) is 1. The second-order valence-corrected chi connectivity index (χ2v) is 7.87. The van der Waals surface area contributed by atoms with Crippen LogP contribution >= 0.6 is 0 Å². The summed E-state index contributed by atoms with van der Waals surface area (Å²) >= 11 is 0. The molecule has 5 atom stereocenters. The minimum Gasteiger partial charge on any atom is -0.369 e. The number of rotatable bonds is 9. The Hall–Kier alpha value is -2.62. The molecule has 4 nitrogen and oxygen atoms in total. The van der Waals surface area contributed by atoms with Gasteiger partial charge in [0.25, 0.3) is 0 Å². The van der Waals surface area contributed by atoms with Crippen molar-refractivity contribution in [2.24, 2.45) is 23.5 Å². The van der Waals surface area contributed by atoms with Crippen LogP contribution in [0.3, 0.4) is 0 Å². The van der Waals surface area contributed by atoms with Crippen molar-refractivity contribution in [2.75, 3.05) is 0 Å². The predicted molar refractivity (Wildman–Crippen MR) is 114 cm³/mol. The third-order valence-electron chi connectivity index (χ3n) is 5.75. The summed E-state index contributed by atoms with van der Waals surface area (Å²) in [5, 5.41) is 3.03. The van der Waals surface area contributed by atoms with Crippen molar-refractivity contribution in [3.8, 4) is 0 Å². The number of hydrogen-bond donors (Lipinski definition) is 2. The minimum absolute atomic E-state index is 0.000343. The monoisotopic (exact) mass is 380 g/mol. The molecule has 0 aromatic heterocycles. The number of nitrogens with two attached hydrogens (primary N) is 1. The van der Waals surface area contributed by atoms with Gasteiger partial charge in [-0.2, -0.15) is 0 Å². The lowest BCUT2D eigenvalue weighted by Crippen LogP contribution is -2.48. The van der Waals surface area contributed by atoms with Crippen molar-refractivity contribution in [1.82, 2.24) is 5.32 Å². The molecule has 4 heteroatoms. The van der Waals surface area contributed by atoms with Crippen molar-refractivity contribution >= 4 is 11.8 Å². The summed E-state index contributed by atoms with van der Waals surface area (Å²) in [5.74, 6) is -0.899. The van der Waals surface area contributed by atoms with E-state index in [1.165, 1.54) is 0 Å². The lowest BCUT2D eigenvalue weighted by molar-refractivity contribution is -0.128. The van der Waals surface area contributed by atoms with E-state index in [0.717, 1.165) is 11.1 Å². The molecule has 0 heterocycles. The smallest absolute Gasteiger partial charge is 0.223 e. The van der Waals surface area contributed by atoms with E-state index in [9.17, 15) is 9.59 Å². The van der Waals surface area contributed by atoms with Crippen LogP contribution in [0.25, 0.3) is 0 Å². The number of carbonyl (C=O) groups is 2. The maximum Gasteiger partial charge on any atom is 0.223 e. The summed E-state index contributed by atoms with van der Waals surface area (Å²) in [6.45, 7) is 7.91. The first-order valence-corrected chi connectivity index (χ1v) is 9.99. The molecule has 0 bridgehead atoms. The summed E-state index contributed by atoms with van der Waals surface area (Å²) in [7, 11) is 0. The first kappa shape index (κ1) is 21.7. The van der Waals surface area contributed by atoms with E-state index in [1.54, 1.807) is 0 Å². The maximum absolute atomic E-state index is 12.7. The van der Waals surface area contributed by atoms with Crippen LogP contribution in [-0.4, -0.2) is 17.9 Å². The van der Waals surface area contributed by atoms with Gasteiger partial charge in [-0.25, -0.2) is 0 Å². The van der Waals surface area contributed by atoms with Crippen molar-refractivity contribution in [3.05, 3.63) is 71.8 Å². The molecule has 2 aromatic rings. The van der Waals surface area contributed by atoms with Gasteiger partial charge in [-0.15, -0.1) is 0 Å². The average molecular weight is 381 g/mol. The Labute approximate surface area is 168 Å². The molecule has 5 unspecified atom stereocenters. The van der Waals surface area contributed by atoms with Gasteiger partial charge in [-0.3, -0.25) is 9.59 Å². The van der Waals surface area contributed by atoms with E-state index in [-0.39, 0.29) is 35.6 Å². The Kier molecular flexibility index (Phi) is 7.80. The van der Waals surface area contributed by atoms with Gasteiger partial charge in [-0.05, 0) is 36.3 Å². The van der Waals surface area contributed by atoms with Gasteiger partial charge in [0.2, 0.25) is 11.8 Å². The van der Waals surface area contributed by atoms with Gasteiger partial charge in [-0.1, -0.05) is 81.4 Å². The van der Waals surface area contributed by atoms with Crippen LogP contribution in [0.1, 0.15) is 44.7 Å². The van der Waals surface area contributed by atoms with Crippen LogP contribution < -0.4 is 11.1 Å². The standard InChI is InChI=1S/C24H32N2O2/c1-16(15-20-11-7-5-8-12-20)24(28)26-19(4)22(23(25)27)18(3)17(2)21-13-9-6-10-14-21/h5-14,16-19,22H,15H2,1-4H3,(H2,25,27)(H,26,28). The molecular weight excluding hydrogens is 348 g/mol. The van der Waals surface area contributed by atoms with Gasteiger partial charge in [0.1, 0.15) is 0 Å². The molecule has 0 spiro atoms. The predicted octanol–water partition coefficient (Wildman–Crippen LogP) is 3.91. The third-order valence-corrected chi connectivity index (χ3v) is 5.75. The van der Waals surface area contributed by atoms with E-state index < -0.39 is 5.92 Å². The zero-order chi connectivity index (χ0) is 20.7. The Balaban J connectivity index is 2.04. The topological polar surface area (TPSA) is 72.2 Å². The van der Waals surface area contributed by atoms with Crippen LogP contribution in [0.15, 0.2) is 60.7 Å². The Morgan fingerprint density at radius 3 is 1.96 bits per heavy atom. The fraction of sp³-hybridized carbons (Fsp3) is 0.417. The number of carbonyl (C=O) groups excluding carboxylic acids is 2. The molecule has 0 saturated carbocycles. The van der Waals surface area contributed by atoms with Crippen LogP contribution in [0.2, 0.25) is 0 Å². The van der Waals surface area contributed by atoms with Crippen LogP contribution in [0.5, 0.6) is 0 Å². The second-order valence-electron chi connectivity index (χ2n) is 7.87. The lowest BCUT2D eigenvalue weighted by atomic mass is 9.76. The highest BCUT2D eigenvalue weighted by molar-refractivity contribution is 5.82. The van der Waals surface area contributed by atoms with Crippen LogP contribution in [0, 0.1) is 17.8 Å². The minimum atomic E-state index is -0.442. The fourth-order valence-electron chi connectivity index (χ4n) is 3.85. The zero-order valence-corrected chi connectivity index (χ0v) is 17.3.